The minimum Gasteiger partial charge on any atom is -0.455 e. The molecule has 3 aliphatic carbocycles. The van der Waals surface area contributed by atoms with E-state index in [1.807, 2.05) is 13.8 Å². The van der Waals surface area contributed by atoms with Crippen molar-refractivity contribution in [2.45, 2.75) is 102 Å². The maximum Gasteiger partial charge on any atom is 0.417 e. The van der Waals surface area contributed by atoms with Crippen LogP contribution in [-0.4, -0.2) is 16.1 Å². The molecule has 6 nitrogen and oxygen atoms in total. The number of ether oxygens (including phenoxy) is 2. The van der Waals surface area contributed by atoms with E-state index >= 15 is 0 Å². The maximum atomic E-state index is 13.6. The molecule has 0 radical (unpaired) electrons. The highest BCUT2D eigenvalue weighted by Gasteiger charge is 2.60. The van der Waals surface area contributed by atoms with Gasteiger partial charge in [-0.1, -0.05) is 32.8 Å². The van der Waals surface area contributed by atoms with Gasteiger partial charge in [0.15, 0.2) is 0 Å². The van der Waals surface area contributed by atoms with E-state index in [9.17, 15) is 28.3 Å². The van der Waals surface area contributed by atoms with Crippen molar-refractivity contribution in [2.24, 2.45) is 5.41 Å². The molecule has 9 heteroatoms. The second-order valence-corrected chi connectivity index (χ2v) is 11.9. The first-order chi connectivity index (χ1) is 18.4. The molecular formula is C30H31F3N2O4. The normalized spacial score (nSPS) is 26.0. The van der Waals surface area contributed by atoms with Gasteiger partial charge in [-0.15, -0.1) is 0 Å². The Hall–Kier alpha value is -2.96. The molecule has 3 atom stereocenters. The first-order valence-electron chi connectivity index (χ1n) is 13.6. The second-order valence-electron chi connectivity index (χ2n) is 11.9. The lowest BCUT2D eigenvalue weighted by molar-refractivity contribution is -0.153. The standard InChI is InChI=1S/C30H31F3N2O4/c1-15(2)24-22-23(21-20(37)13-28(10-11-28)27(25(21)35-24)38-16(3)36)29(8-4-5-9-29)39-26(22)17-6-7-19(30(31,32)33)18(12-17)14-34/h6-7,12,15,20,26-27,37H,4-5,8-11,13H2,1-3H3. The fraction of sp³-hybridized carbons (Fsp3) is 0.567. The number of aliphatic hydroxyl groups excluding tert-OH is 1. The smallest absolute Gasteiger partial charge is 0.417 e. The summed E-state index contributed by atoms with van der Waals surface area (Å²) >= 11 is 0. The van der Waals surface area contributed by atoms with Crippen LogP contribution in [0.2, 0.25) is 0 Å². The van der Waals surface area contributed by atoms with Crippen LogP contribution in [0.25, 0.3) is 0 Å². The third kappa shape index (κ3) is 3.98. The highest BCUT2D eigenvalue weighted by Crippen LogP contribution is 2.67. The van der Waals surface area contributed by atoms with Crippen LogP contribution in [0.4, 0.5) is 13.2 Å². The number of aliphatic hydroxyl groups is 1. The average molecular weight is 541 g/mol. The van der Waals surface area contributed by atoms with Gasteiger partial charge in [0.1, 0.15) is 12.2 Å². The van der Waals surface area contributed by atoms with E-state index in [-0.39, 0.29) is 11.3 Å². The summed E-state index contributed by atoms with van der Waals surface area (Å²) < 4.78 is 53.4. The van der Waals surface area contributed by atoms with Crippen LogP contribution >= 0.6 is 0 Å². The molecular weight excluding hydrogens is 509 g/mol. The van der Waals surface area contributed by atoms with Crippen molar-refractivity contribution in [3.8, 4) is 6.07 Å². The minimum absolute atomic E-state index is 0.0798. The summed E-state index contributed by atoms with van der Waals surface area (Å²) in [6, 6.07) is 5.30. The summed E-state index contributed by atoms with van der Waals surface area (Å²) in [5.74, 6) is -0.482. The monoisotopic (exact) mass is 540 g/mol. The molecule has 206 valence electrons. The van der Waals surface area contributed by atoms with E-state index < -0.39 is 47.2 Å². The average Bonchev–Trinajstić information content (AvgIpc) is 3.34. The zero-order chi connectivity index (χ0) is 27.9. The van der Waals surface area contributed by atoms with Crippen molar-refractivity contribution < 1.29 is 32.5 Å². The molecule has 3 unspecified atom stereocenters. The molecule has 1 N–H and O–H groups in total. The third-order valence-electron chi connectivity index (χ3n) is 9.04. The van der Waals surface area contributed by atoms with Crippen molar-refractivity contribution >= 4 is 5.97 Å². The van der Waals surface area contributed by atoms with E-state index in [2.05, 4.69) is 0 Å². The van der Waals surface area contributed by atoms with E-state index in [1.165, 1.54) is 19.1 Å². The summed E-state index contributed by atoms with van der Waals surface area (Å²) in [6.45, 7) is 5.37. The Bertz CT molecular complexity index is 1400. The van der Waals surface area contributed by atoms with E-state index in [0.29, 0.717) is 36.1 Å². The van der Waals surface area contributed by atoms with Gasteiger partial charge in [0.05, 0.1) is 34.6 Å². The van der Waals surface area contributed by atoms with E-state index in [0.717, 1.165) is 48.6 Å². The number of nitrogens with zero attached hydrogens (tertiary/aromatic N) is 2. The number of nitriles is 1. The second kappa shape index (κ2) is 8.77. The summed E-state index contributed by atoms with van der Waals surface area (Å²) in [7, 11) is 0. The topological polar surface area (TPSA) is 92.4 Å². The molecule has 2 fully saturated rings. The molecule has 0 saturated heterocycles. The van der Waals surface area contributed by atoms with Crippen LogP contribution < -0.4 is 0 Å². The molecule has 6 rings (SSSR count). The minimum atomic E-state index is -4.65. The van der Waals surface area contributed by atoms with E-state index in [1.54, 1.807) is 6.07 Å². The fourth-order valence-corrected chi connectivity index (χ4v) is 7.20. The van der Waals surface area contributed by atoms with Gasteiger partial charge in [0.2, 0.25) is 0 Å². The zero-order valence-electron chi connectivity index (χ0n) is 22.2. The number of hydrogen-bond donors (Lipinski definition) is 1. The summed E-state index contributed by atoms with van der Waals surface area (Å²) in [4.78, 5) is 17.2. The number of alkyl halides is 3. The van der Waals surface area contributed by atoms with Crippen molar-refractivity contribution in [3.05, 3.63) is 63.0 Å². The molecule has 2 spiro atoms. The number of benzene rings is 1. The van der Waals surface area contributed by atoms with Crippen LogP contribution in [0, 0.1) is 16.7 Å². The number of esters is 1. The first-order valence-corrected chi connectivity index (χ1v) is 13.6. The maximum absolute atomic E-state index is 13.6. The summed E-state index contributed by atoms with van der Waals surface area (Å²) in [5, 5.41) is 21.2. The molecule has 0 bridgehead atoms. The number of pyridine rings is 1. The third-order valence-corrected chi connectivity index (χ3v) is 9.04. The largest absolute Gasteiger partial charge is 0.455 e. The van der Waals surface area contributed by atoms with Gasteiger partial charge in [0, 0.05) is 29.2 Å². The Labute approximate surface area is 225 Å². The predicted octanol–water partition coefficient (Wildman–Crippen LogP) is 6.81. The van der Waals surface area contributed by atoms with Crippen LogP contribution in [0.1, 0.15) is 135 Å². The van der Waals surface area contributed by atoms with Crippen molar-refractivity contribution in [2.75, 3.05) is 0 Å². The van der Waals surface area contributed by atoms with Gasteiger partial charge in [-0.25, -0.2) is 0 Å². The Morgan fingerprint density at radius 1 is 1.21 bits per heavy atom. The quantitative estimate of drug-likeness (QED) is 0.430. The van der Waals surface area contributed by atoms with Gasteiger partial charge in [-0.2, -0.15) is 18.4 Å². The molecule has 1 aromatic carbocycles. The highest BCUT2D eigenvalue weighted by molar-refractivity contribution is 5.67. The molecule has 2 heterocycles. The molecule has 4 aliphatic rings. The van der Waals surface area contributed by atoms with Gasteiger partial charge >= 0.3 is 12.1 Å². The summed E-state index contributed by atoms with van der Waals surface area (Å²) in [6.07, 6.45) is -1.43. The highest BCUT2D eigenvalue weighted by atomic mass is 19.4. The van der Waals surface area contributed by atoms with Crippen molar-refractivity contribution in [3.63, 3.8) is 0 Å². The fourth-order valence-electron chi connectivity index (χ4n) is 7.20. The molecule has 1 aromatic heterocycles. The number of hydrogen-bond acceptors (Lipinski definition) is 6. The number of aromatic nitrogens is 1. The van der Waals surface area contributed by atoms with Crippen molar-refractivity contribution in [1.29, 1.82) is 5.26 Å². The van der Waals surface area contributed by atoms with E-state index in [4.69, 9.17) is 14.5 Å². The number of rotatable bonds is 3. The van der Waals surface area contributed by atoms with Crippen LogP contribution in [0.15, 0.2) is 18.2 Å². The molecule has 2 saturated carbocycles. The lowest BCUT2D eigenvalue weighted by Gasteiger charge is -2.39. The Morgan fingerprint density at radius 2 is 1.90 bits per heavy atom. The van der Waals surface area contributed by atoms with Gasteiger partial charge in [-0.05, 0) is 61.3 Å². The number of carbonyl (C=O) groups is 1. The molecule has 39 heavy (non-hydrogen) atoms. The summed E-state index contributed by atoms with van der Waals surface area (Å²) in [5.41, 5.74) is 1.53. The Morgan fingerprint density at radius 3 is 2.46 bits per heavy atom. The molecule has 2 aromatic rings. The molecule has 0 amide bonds. The van der Waals surface area contributed by atoms with Gasteiger partial charge in [-0.3, -0.25) is 9.78 Å². The zero-order valence-corrected chi connectivity index (χ0v) is 22.2. The van der Waals surface area contributed by atoms with Gasteiger partial charge < -0.3 is 14.6 Å². The molecule has 1 aliphatic heterocycles. The van der Waals surface area contributed by atoms with Crippen LogP contribution in [0.5, 0.6) is 0 Å². The number of fused-ring (bicyclic) bond motifs is 4. The van der Waals surface area contributed by atoms with Gasteiger partial charge in [0.25, 0.3) is 0 Å². The first kappa shape index (κ1) is 26.3. The number of halogens is 3. The Balaban J connectivity index is 1.61. The van der Waals surface area contributed by atoms with Crippen molar-refractivity contribution in [1.82, 2.24) is 4.98 Å². The van der Waals surface area contributed by atoms with Crippen LogP contribution in [-0.2, 0) is 26.0 Å². The lowest BCUT2D eigenvalue weighted by Crippen LogP contribution is -2.33. The Kier molecular flexibility index (Phi) is 5.91. The predicted molar refractivity (Wildman–Crippen MR) is 133 cm³/mol. The SMILES string of the molecule is CC(=O)OC1c2nc(C(C)C)c3c(c2C(O)CC12CC2)C1(CCCC1)OC3c1ccc(C(F)(F)F)c(C#N)c1. The lowest BCUT2D eigenvalue weighted by atomic mass is 9.73. The number of carbonyl (C=O) groups excluding carboxylic acids is 1. The van der Waals surface area contributed by atoms with Crippen LogP contribution in [0.3, 0.4) is 0 Å².